The highest BCUT2D eigenvalue weighted by atomic mass is 79.9. The third-order valence-electron chi connectivity index (χ3n) is 2.86. The Kier molecular flexibility index (Phi) is 3.12. The van der Waals surface area contributed by atoms with Gasteiger partial charge >= 0.3 is 0 Å². The molecule has 3 rings (SSSR count). The van der Waals surface area contributed by atoms with Crippen LogP contribution in [0.5, 0.6) is 5.75 Å². The normalized spacial score (nSPS) is 10.8. The molecule has 0 saturated heterocycles. The van der Waals surface area contributed by atoms with Gasteiger partial charge in [-0.3, -0.25) is 0 Å². The number of phenols is 1. The number of hydrogen-bond donors (Lipinski definition) is 1. The Labute approximate surface area is 123 Å². The summed E-state index contributed by atoms with van der Waals surface area (Å²) in [4.78, 5) is 0. The van der Waals surface area contributed by atoms with E-state index in [1.165, 1.54) is 0 Å². The molecule has 1 heterocycles. The summed E-state index contributed by atoms with van der Waals surface area (Å²) >= 11 is 9.35. The maximum Gasteiger partial charge on any atom is 0.159 e. The van der Waals surface area contributed by atoms with E-state index in [0.29, 0.717) is 9.63 Å². The maximum absolute atomic E-state index is 9.54. The van der Waals surface area contributed by atoms with Crippen LogP contribution in [-0.4, -0.2) is 15.3 Å². The second kappa shape index (κ2) is 4.79. The molecule has 0 unspecified atom stereocenters. The average Bonchev–Trinajstić information content (AvgIpc) is 2.43. The van der Waals surface area contributed by atoms with Gasteiger partial charge in [0, 0.05) is 16.3 Å². The molecule has 0 radical (unpaired) electrons. The van der Waals surface area contributed by atoms with Crippen molar-refractivity contribution < 1.29 is 5.11 Å². The number of rotatable bonds is 1. The molecule has 0 aliphatic carbocycles. The number of aromatic nitrogens is 2. The van der Waals surface area contributed by atoms with Crippen LogP contribution < -0.4 is 0 Å². The number of hydrogen-bond acceptors (Lipinski definition) is 3. The van der Waals surface area contributed by atoms with Crippen LogP contribution in [-0.2, 0) is 0 Å². The lowest BCUT2D eigenvalue weighted by molar-refractivity contribution is 0.472. The quantitative estimate of drug-likeness (QED) is 0.716. The van der Waals surface area contributed by atoms with E-state index in [0.717, 1.165) is 22.0 Å². The van der Waals surface area contributed by atoms with Gasteiger partial charge in [-0.2, -0.15) is 0 Å². The monoisotopic (exact) mass is 334 g/mol. The van der Waals surface area contributed by atoms with Gasteiger partial charge in [-0.25, -0.2) is 0 Å². The minimum Gasteiger partial charge on any atom is -0.507 e. The fraction of sp³-hybridized carbons (Fsp3) is 0. The summed E-state index contributed by atoms with van der Waals surface area (Å²) in [5, 5.41) is 19.9. The van der Waals surface area contributed by atoms with Gasteiger partial charge in [-0.15, -0.1) is 10.2 Å². The molecule has 0 bridgehead atoms. The molecule has 0 amide bonds. The van der Waals surface area contributed by atoms with Crippen molar-refractivity contribution in [2.24, 2.45) is 0 Å². The third kappa shape index (κ3) is 2.17. The van der Waals surface area contributed by atoms with Gasteiger partial charge in [-0.1, -0.05) is 35.9 Å². The van der Waals surface area contributed by atoms with Crippen LogP contribution in [0.1, 0.15) is 0 Å². The van der Waals surface area contributed by atoms with Crippen molar-refractivity contribution in [3.8, 4) is 17.0 Å². The summed E-state index contributed by atoms with van der Waals surface area (Å²) < 4.78 is 0.617. The van der Waals surface area contributed by atoms with Gasteiger partial charge in [0.15, 0.2) is 5.15 Å². The third-order valence-corrected chi connectivity index (χ3v) is 3.78. The predicted molar refractivity (Wildman–Crippen MR) is 79.3 cm³/mol. The molecule has 0 atom stereocenters. The Hall–Kier alpha value is -1.65. The van der Waals surface area contributed by atoms with Crippen molar-refractivity contribution in [2.75, 3.05) is 0 Å². The van der Waals surface area contributed by atoms with Crippen molar-refractivity contribution >= 4 is 38.3 Å². The van der Waals surface area contributed by atoms with Gasteiger partial charge < -0.3 is 5.11 Å². The summed E-state index contributed by atoms with van der Waals surface area (Å²) in [5.74, 6) is 0.190. The van der Waals surface area contributed by atoms with Crippen molar-refractivity contribution in [2.45, 2.75) is 0 Å². The Morgan fingerprint density at radius 2 is 1.74 bits per heavy atom. The molecule has 0 aliphatic rings. The Morgan fingerprint density at radius 1 is 1.00 bits per heavy atom. The molecular formula is C14H8BrClN2O. The Balaban J connectivity index is 2.31. The molecule has 0 aliphatic heterocycles. The second-order valence-corrected chi connectivity index (χ2v) is 5.26. The van der Waals surface area contributed by atoms with E-state index in [2.05, 4.69) is 26.1 Å². The number of phenolic OH excluding ortho intramolecular Hbond substituents is 1. The van der Waals surface area contributed by atoms with Gasteiger partial charge in [0.2, 0.25) is 0 Å². The van der Waals surface area contributed by atoms with E-state index in [9.17, 15) is 5.11 Å². The molecule has 0 spiro atoms. The molecule has 94 valence electrons. The van der Waals surface area contributed by atoms with Gasteiger partial charge in [0.1, 0.15) is 11.4 Å². The number of fused-ring (bicyclic) bond motifs is 1. The Bertz CT molecular complexity index is 776. The zero-order chi connectivity index (χ0) is 13.4. The van der Waals surface area contributed by atoms with Crippen LogP contribution >= 0.6 is 27.5 Å². The molecule has 3 nitrogen and oxygen atoms in total. The average molecular weight is 336 g/mol. The molecule has 1 N–H and O–H groups in total. The number of nitrogens with zero attached hydrogens (tertiary/aromatic N) is 2. The van der Waals surface area contributed by atoms with Crippen LogP contribution in [0.4, 0.5) is 0 Å². The molecule has 2 aromatic carbocycles. The summed E-state index contributed by atoms with van der Waals surface area (Å²) in [6.45, 7) is 0. The van der Waals surface area contributed by atoms with Crippen LogP contribution in [0.2, 0.25) is 5.15 Å². The molecule has 5 heteroatoms. The minimum atomic E-state index is 0.190. The molecule has 19 heavy (non-hydrogen) atoms. The first kappa shape index (κ1) is 12.4. The largest absolute Gasteiger partial charge is 0.507 e. The van der Waals surface area contributed by atoms with Gasteiger partial charge in [-0.05, 0) is 34.1 Å². The van der Waals surface area contributed by atoms with Crippen molar-refractivity contribution in [1.29, 1.82) is 0 Å². The lowest BCUT2D eigenvalue weighted by atomic mass is 10.1. The maximum atomic E-state index is 9.54. The SMILES string of the molecule is Oc1ccc(-c2nnc(Cl)c3ccccc23)cc1Br. The predicted octanol–water partition coefficient (Wildman–Crippen LogP) is 4.42. The fourth-order valence-corrected chi connectivity index (χ4v) is 2.52. The smallest absolute Gasteiger partial charge is 0.159 e. The lowest BCUT2D eigenvalue weighted by Gasteiger charge is -2.07. The van der Waals surface area contributed by atoms with Gasteiger partial charge in [0.25, 0.3) is 0 Å². The zero-order valence-corrected chi connectivity index (χ0v) is 12.0. The van der Waals surface area contributed by atoms with E-state index >= 15 is 0 Å². The van der Waals surface area contributed by atoms with Crippen LogP contribution in [0.15, 0.2) is 46.9 Å². The van der Waals surface area contributed by atoms with Crippen molar-refractivity contribution in [3.63, 3.8) is 0 Å². The standard InChI is InChI=1S/C14H8BrClN2O/c15-11-7-8(5-6-12(11)19)13-9-3-1-2-4-10(9)14(16)18-17-13/h1-7,19H. The molecule has 0 saturated carbocycles. The molecule has 3 aromatic rings. The number of halogens is 2. The van der Waals surface area contributed by atoms with Crippen molar-refractivity contribution in [3.05, 3.63) is 52.1 Å². The van der Waals surface area contributed by atoms with Crippen LogP contribution in [0.3, 0.4) is 0 Å². The highest BCUT2D eigenvalue weighted by molar-refractivity contribution is 9.10. The van der Waals surface area contributed by atoms with Crippen LogP contribution in [0.25, 0.3) is 22.0 Å². The molecule has 0 fully saturated rings. The molecular weight excluding hydrogens is 328 g/mol. The van der Waals surface area contributed by atoms with E-state index < -0.39 is 0 Å². The first-order chi connectivity index (χ1) is 9.16. The van der Waals surface area contributed by atoms with E-state index in [1.807, 2.05) is 24.3 Å². The number of benzene rings is 2. The fourth-order valence-electron chi connectivity index (χ4n) is 1.94. The molecule has 1 aromatic heterocycles. The topological polar surface area (TPSA) is 46.0 Å². The zero-order valence-electron chi connectivity index (χ0n) is 9.64. The van der Waals surface area contributed by atoms with E-state index in [1.54, 1.807) is 18.2 Å². The summed E-state index contributed by atoms with van der Waals surface area (Å²) in [5.41, 5.74) is 1.60. The van der Waals surface area contributed by atoms with Crippen molar-refractivity contribution in [1.82, 2.24) is 10.2 Å². The second-order valence-electron chi connectivity index (χ2n) is 4.05. The Morgan fingerprint density at radius 3 is 2.47 bits per heavy atom. The first-order valence-electron chi connectivity index (χ1n) is 5.56. The highest BCUT2D eigenvalue weighted by Gasteiger charge is 2.10. The summed E-state index contributed by atoms with van der Waals surface area (Å²) in [6, 6.07) is 12.9. The highest BCUT2D eigenvalue weighted by Crippen LogP contribution is 2.33. The summed E-state index contributed by atoms with van der Waals surface area (Å²) in [7, 11) is 0. The summed E-state index contributed by atoms with van der Waals surface area (Å²) in [6.07, 6.45) is 0. The van der Waals surface area contributed by atoms with Gasteiger partial charge in [0.05, 0.1) is 4.47 Å². The lowest BCUT2D eigenvalue weighted by Crippen LogP contribution is -1.91. The number of aromatic hydroxyl groups is 1. The van der Waals surface area contributed by atoms with E-state index in [-0.39, 0.29) is 5.75 Å². The van der Waals surface area contributed by atoms with E-state index in [4.69, 9.17) is 11.6 Å². The first-order valence-corrected chi connectivity index (χ1v) is 6.74. The van der Waals surface area contributed by atoms with Crippen LogP contribution in [0, 0.1) is 0 Å². The minimum absolute atomic E-state index is 0.190.